The number of aromatic nitrogens is 2. The standard InChI is InChI=1S/C17H10ClF3N4O2S/c18-14-8-12(17(19,20)21)10-23-16(14)25-6-2-5-15(25)28(26,27)24-13-4-1-3-11(7-13)9-22/h1-8,10,24H. The van der Waals surface area contributed by atoms with Gasteiger partial charge in [-0.2, -0.15) is 26.9 Å². The Balaban J connectivity index is 2.01. The first-order chi connectivity index (χ1) is 13.1. The average molecular weight is 427 g/mol. The van der Waals surface area contributed by atoms with Gasteiger partial charge >= 0.3 is 6.18 Å². The van der Waals surface area contributed by atoms with Crippen LogP contribution in [0.1, 0.15) is 11.1 Å². The fourth-order valence-electron chi connectivity index (χ4n) is 2.38. The van der Waals surface area contributed by atoms with E-state index in [1.807, 2.05) is 6.07 Å². The molecule has 0 aliphatic carbocycles. The van der Waals surface area contributed by atoms with Gasteiger partial charge in [0.25, 0.3) is 10.0 Å². The molecule has 2 heterocycles. The van der Waals surface area contributed by atoms with Gasteiger partial charge in [-0.3, -0.25) is 9.29 Å². The summed E-state index contributed by atoms with van der Waals surface area (Å²) in [5, 5.41) is 8.26. The monoisotopic (exact) mass is 426 g/mol. The molecule has 6 nitrogen and oxygen atoms in total. The maximum Gasteiger partial charge on any atom is 0.417 e. The fraction of sp³-hybridized carbons (Fsp3) is 0.0588. The highest BCUT2D eigenvalue weighted by molar-refractivity contribution is 7.92. The van der Waals surface area contributed by atoms with Crippen molar-refractivity contribution >= 4 is 27.3 Å². The molecule has 0 fully saturated rings. The number of benzene rings is 1. The molecule has 3 aromatic rings. The summed E-state index contributed by atoms with van der Waals surface area (Å²) in [6.07, 6.45) is -2.75. The van der Waals surface area contributed by atoms with Crippen molar-refractivity contribution in [3.05, 3.63) is 71.0 Å². The lowest BCUT2D eigenvalue weighted by Gasteiger charge is -2.14. The SMILES string of the molecule is N#Cc1cccc(NS(=O)(=O)c2cccn2-c2ncc(C(F)(F)F)cc2Cl)c1. The smallest absolute Gasteiger partial charge is 0.289 e. The van der Waals surface area contributed by atoms with Gasteiger partial charge in [0.1, 0.15) is 0 Å². The molecule has 1 aromatic carbocycles. The topological polar surface area (TPSA) is 87.8 Å². The number of halogens is 4. The summed E-state index contributed by atoms with van der Waals surface area (Å²) in [7, 11) is -4.15. The Morgan fingerprint density at radius 1 is 1.18 bits per heavy atom. The number of sulfonamides is 1. The maximum absolute atomic E-state index is 12.8. The second kappa shape index (κ2) is 7.18. The van der Waals surface area contributed by atoms with Crippen molar-refractivity contribution in [2.24, 2.45) is 0 Å². The van der Waals surface area contributed by atoms with Crippen LogP contribution in [-0.4, -0.2) is 18.0 Å². The van der Waals surface area contributed by atoms with Crippen molar-refractivity contribution in [1.29, 1.82) is 5.26 Å². The maximum atomic E-state index is 12.8. The van der Waals surface area contributed by atoms with Gasteiger partial charge in [-0.1, -0.05) is 17.7 Å². The molecule has 144 valence electrons. The van der Waals surface area contributed by atoms with E-state index in [1.54, 1.807) is 0 Å². The first kappa shape index (κ1) is 19.7. The van der Waals surface area contributed by atoms with E-state index in [-0.39, 0.29) is 27.1 Å². The molecule has 0 radical (unpaired) electrons. The van der Waals surface area contributed by atoms with E-state index in [2.05, 4.69) is 9.71 Å². The van der Waals surface area contributed by atoms with Crippen LogP contribution in [0.4, 0.5) is 18.9 Å². The highest BCUT2D eigenvalue weighted by Crippen LogP contribution is 2.32. The summed E-state index contributed by atoms with van der Waals surface area (Å²) in [5.74, 6) is -0.175. The molecule has 3 rings (SSSR count). The average Bonchev–Trinajstić information content (AvgIpc) is 3.11. The Morgan fingerprint density at radius 2 is 1.93 bits per heavy atom. The van der Waals surface area contributed by atoms with E-state index in [0.717, 1.165) is 4.57 Å². The molecule has 0 aliphatic rings. The largest absolute Gasteiger partial charge is 0.417 e. The van der Waals surface area contributed by atoms with Crippen molar-refractivity contribution < 1.29 is 21.6 Å². The Labute approximate surface area is 162 Å². The van der Waals surface area contributed by atoms with Crippen LogP contribution in [0.25, 0.3) is 5.82 Å². The number of alkyl halides is 3. The Morgan fingerprint density at radius 3 is 2.57 bits per heavy atom. The predicted octanol–water partition coefficient (Wildman–Crippen LogP) is 4.22. The van der Waals surface area contributed by atoms with Crippen molar-refractivity contribution in [3.8, 4) is 11.9 Å². The molecule has 2 aromatic heterocycles. The zero-order valence-corrected chi connectivity index (χ0v) is 15.3. The van der Waals surface area contributed by atoms with E-state index < -0.39 is 21.8 Å². The minimum atomic E-state index is -4.63. The normalized spacial score (nSPS) is 11.8. The first-order valence-corrected chi connectivity index (χ1v) is 9.41. The number of anilines is 1. The van der Waals surface area contributed by atoms with Gasteiger partial charge in [0.15, 0.2) is 10.8 Å². The molecule has 28 heavy (non-hydrogen) atoms. The predicted molar refractivity (Wildman–Crippen MR) is 95.5 cm³/mol. The van der Waals surface area contributed by atoms with Crippen LogP contribution in [0.5, 0.6) is 0 Å². The van der Waals surface area contributed by atoms with E-state index in [0.29, 0.717) is 12.3 Å². The van der Waals surface area contributed by atoms with Gasteiger partial charge in [-0.05, 0) is 36.4 Å². The second-order valence-corrected chi connectivity index (χ2v) is 7.58. The summed E-state index contributed by atoms with van der Waals surface area (Å²) in [4.78, 5) is 3.67. The molecule has 11 heteroatoms. The number of nitrogens with one attached hydrogen (secondary N) is 1. The molecular weight excluding hydrogens is 417 g/mol. The van der Waals surface area contributed by atoms with E-state index in [1.165, 1.54) is 42.6 Å². The molecule has 0 aliphatic heterocycles. The molecule has 0 bridgehead atoms. The highest BCUT2D eigenvalue weighted by atomic mass is 35.5. The van der Waals surface area contributed by atoms with Crippen molar-refractivity contribution in [3.63, 3.8) is 0 Å². The van der Waals surface area contributed by atoms with E-state index >= 15 is 0 Å². The molecule has 0 saturated heterocycles. The van der Waals surface area contributed by atoms with Crippen LogP contribution in [0.2, 0.25) is 5.02 Å². The van der Waals surface area contributed by atoms with Crippen LogP contribution in [0, 0.1) is 11.3 Å². The minimum Gasteiger partial charge on any atom is -0.289 e. The van der Waals surface area contributed by atoms with Crippen molar-refractivity contribution in [1.82, 2.24) is 9.55 Å². The number of nitriles is 1. The zero-order valence-electron chi connectivity index (χ0n) is 13.8. The van der Waals surface area contributed by atoms with E-state index in [4.69, 9.17) is 16.9 Å². The molecule has 1 N–H and O–H groups in total. The van der Waals surface area contributed by atoms with Gasteiger partial charge in [-0.25, -0.2) is 4.98 Å². The number of nitrogens with zero attached hydrogens (tertiary/aromatic N) is 3. The van der Waals surface area contributed by atoms with Crippen molar-refractivity contribution in [2.45, 2.75) is 11.2 Å². The Kier molecular flexibility index (Phi) is 5.06. The molecule has 0 amide bonds. The third-order valence-corrected chi connectivity index (χ3v) is 5.27. The summed E-state index contributed by atoms with van der Waals surface area (Å²) in [6.45, 7) is 0. The highest BCUT2D eigenvalue weighted by Gasteiger charge is 2.32. The van der Waals surface area contributed by atoms with Gasteiger partial charge in [0.2, 0.25) is 0 Å². The Hall–Kier alpha value is -3.03. The van der Waals surface area contributed by atoms with Gasteiger partial charge in [0.05, 0.1) is 27.9 Å². The summed E-state index contributed by atoms with van der Waals surface area (Å²) >= 11 is 5.91. The molecule has 0 atom stereocenters. The third kappa shape index (κ3) is 3.95. The fourth-order valence-corrected chi connectivity index (χ4v) is 3.85. The number of hydrogen-bond donors (Lipinski definition) is 1. The number of hydrogen-bond acceptors (Lipinski definition) is 4. The van der Waals surface area contributed by atoms with Gasteiger partial charge in [0, 0.05) is 12.4 Å². The molecular formula is C17H10ClF3N4O2S. The molecule has 0 unspecified atom stereocenters. The minimum absolute atomic E-state index is 0.151. The van der Waals surface area contributed by atoms with Crippen LogP contribution < -0.4 is 4.72 Å². The number of rotatable bonds is 4. The third-order valence-electron chi connectivity index (χ3n) is 3.61. The van der Waals surface area contributed by atoms with Crippen molar-refractivity contribution in [2.75, 3.05) is 4.72 Å². The first-order valence-electron chi connectivity index (χ1n) is 7.55. The van der Waals surface area contributed by atoms with Crippen LogP contribution >= 0.6 is 11.6 Å². The summed E-state index contributed by atoms with van der Waals surface area (Å²) in [6, 6.07) is 11.0. The van der Waals surface area contributed by atoms with Gasteiger partial charge < -0.3 is 0 Å². The number of pyridine rings is 1. The van der Waals surface area contributed by atoms with Crippen LogP contribution in [0.3, 0.4) is 0 Å². The second-order valence-electron chi connectivity index (χ2n) is 5.54. The quantitative estimate of drug-likeness (QED) is 0.676. The summed E-state index contributed by atoms with van der Waals surface area (Å²) < 4.78 is 67.2. The summed E-state index contributed by atoms with van der Waals surface area (Å²) in [5.41, 5.74) is -0.648. The van der Waals surface area contributed by atoms with Gasteiger partial charge in [-0.15, -0.1) is 0 Å². The van der Waals surface area contributed by atoms with Crippen LogP contribution in [-0.2, 0) is 16.2 Å². The molecule has 0 saturated carbocycles. The Bertz CT molecular complexity index is 1180. The lowest BCUT2D eigenvalue weighted by molar-refractivity contribution is -0.137. The molecule has 0 spiro atoms. The lowest BCUT2D eigenvalue weighted by atomic mass is 10.2. The lowest BCUT2D eigenvalue weighted by Crippen LogP contribution is -2.17. The zero-order chi connectivity index (χ0) is 20.5. The van der Waals surface area contributed by atoms with E-state index in [9.17, 15) is 21.6 Å². The van der Waals surface area contributed by atoms with Crippen LogP contribution in [0.15, 0.2) is 59.9 Å².